The molecule has 0 spiro atoms. The van der Waals surface area contributed by atoms with Crippen LogP contribution in [0.4, 0.5) is 5.69 Å². The number of methoxy groups -OCH3 is 1. The van der Waals surface area contributed by atoms with Crippen molar-refractivity contribution >= 4 is 27.6 Å². The molecule has 1 amide bonds. The molecule has 2 aromatic rings. The van der Waals surface area contributed by atoms with Crippen molar-refractivity contribution in [2.75, 3.05) is 12.4 Å². The standard InChI is InChI=1S/C24H28N2O5S/c1-15(22-14-16-3-4-19(22)13-16)26-32(29,30)21-11-9-20(10-12-21)25-23(27)17-5-7-18(8-6-17)24(28)31-2/h5-12,15-16,19,22,26H,3-4,13-14H2,1-2H3,(H,25,27)/t15-,16-,19-,22-/m0/s1. The van der Waals surface area contributed by atoms with Crippen LogP contribution in [0.2, 0.25) is 0 Å². The molecular formula is C24H28N2O5S. The van der Waals surface area contributed by atoms with Gasteiger partial charge in [-0.05, 0) is 92.5 Å². The van der Waals surface area contributed by atoms with Crippen LogP contribution < -0.4 is 10.0 Å². The minimum atomic E-state index is -3.63. The summed E-state index contributed by atoms with van der Waals surface area (Å²) in [5.74, 6) is 0.971. The molecule has 0 radical (unpaired) electrons. The van der Waals surface area contributed by atoms with Crippen LogP contribution in [0.3, 0.4) is 0 Å². The maximum absolute atomic E-state index is 12.8. The molecule has 0 aromatic heterocycles. The highest BCUT2D eigenvalue weighted by molar-refractivity contribution is 7.89. The number of amides is 1. The molecule has 0 saturated heterocycles. The summed E-state index contributed by atoms with van der Waals surface area (Å²) in [5, 5.41) is 2.73. The molecule has 8 heteroatoms. The fourth-order valence-corrected chi connectivity index (χ4v) is 6.40. The van der Waals surface area contributed by atoms with Crippen molar-refractivity contribution in [3.05, 3.63) is 59.7 Å². The van der Waals surface area contributed by atoms with E-state index in [2.05, 4.69) is 14.8 Å². The van der Waals surface area contributed by atoms with E-state index in [-0.39, 0.29) is 16.8 Å². The van der Waals surface area contributed by atoms with Crippen molar-refractivity contribution in [1.29, 1.82) is 0 Å². The number of nitrogens with one attached hydrogen (secondary N) is 2. The summed E-state index contributed by atoms with van der Waals surface area (Å²) in [6.45, 7) is 1.96. The molecule has 2 bridgehead atoms. The van der Waals surface area contributed by atoms with Crippen molar-refractivity contribution in [2.24, 2.45) is 17.8 Å². The van der Waals surface area contributed by atoms with Crippen LogP contribution in [0, 0.1) is 17.8 Å². The highest BCUT2D eigenvalue weighted by Crippen LogP contribution is 2.49. The summed E-state index contributed by atoms with van der Waals surface area (Å²) in [6.07, 6.45) is 4.83. The van der Waals surface area contributed by atoms with Gasteiger partial charge in [0.1, 0.15) is 0 Å². The van der Waals surface area contributed by atoms with Gasteiger partial charge in [-0.25, -0.2) is 17.9 Å². The van der Waals surface area contributed by atoms with Crippen molar-refractivity contribution in [1.82, 2.24) is 4.72 Å². The number of carbonyl (C=O) groups excluding carboxylic acids is 2. The first-order valence-corrected chi connectivity index (χ1v) is 12.4. The molecule has 0 heterocycles. The predicted molar refractivity (Wildman–Crippen MR) is 121 cm³/mol. The van der Waals surface area contributed by atoms with Gasteiger partial charge in [0.15, 0.2) is 0 Å². The lowest BCUT2D eigenvalue weighted by Gasteiger charge is -2.28. The van der Waals surface area contributed by atoms with Gasteiger partial charge < -0.3 is 10.1 Å². The molecule has 170 valence electrons. The van der Waals surface area contributed by atoms with Crippen molar-refractivity contribution in [3.63, 3.8) is 0 Å². The van der Waals surface area contributed by atoms with E-state index < -0.39 is 16.0 Å². The number of carbonyl (C=O) groups is 2. The number of anilines is 1. The fraction of sp³-hybridized carbons (Fsp3) is 0.417. The van der Waals surface area contributed by atoms with Crippen LogP contribution in [0.15, 0.2) is 53.4 Å². The van der Waals surface area contributed by atoms with Gasteiger partial charge in [0.2, 0.25) is 10.0 Å². The average Bonchev–Trinajstić information content (AvgIpc) is 3.43. The Balaban J connectivity index is 1.37. The van der Waals surface area contributed by atoms with Gasteiger partial charge in [-0.15, -0.1) is 0 Å². The highest BCUT2D eigenvalue weighted by Gasteiger charge is 2.42. The summed E-state index contributed by atoms with van der Waals surface area (Å²) in [5.41, 5.74) is 1.20. The molecular weight excluding hydrogens is 428 g/mol. The zero-order chi connectivity index (χ0) is 22.9. The predicted octanol–water partition coefficient (Wildman–Crippen LogP) is 3.83. The van der Waals surface area contributed by atoms with E-state index in [0.717, 1.165) is 12.3 Å². The van der Waals surface area contributed by atoms with E-state index >= 15 is 0 Å². The summed E-state index contributed by atoms with van der Waals surface area (Å²) in [6, 6.07) is 12.1. The van der Waals surface area contributed by atoms with Crippen molar-refractivity contribution in [3.8, 4) is 0 Å². The molecule has 7 nitrogen and oxygen atoms in total. The minimum Gasteiger partial charge on any atom is -0.465 e. The average molecular weight is 457 g/mol. The second kappa shape index (κ2) is 9.03. The number of sulfonamides is 1. The Labute approximate surface area is 188 Å². The zero-order valence-corrected chi connectivity index (χ0v) is 19.0. The van der Waals surface area contributed by atoms with Crippen LogP contribution in [0.5, 0.6) is 0 Å². The Morgan fingerprint density at radius 3 is 2.19 bits per heavy atom. The third kappa shape index (κ3) is 4.71. The number of benzene rings is 2. The number of hydrogen-bond donors (Lipinski definition) is 2. The number of fused-ring (bicyclic) bond motifs is 2. The summed E-state index contributed by atoms with van der Waals surface area (Å²) >= 11 is 0. The summed E-state index contributed by atoms with van der Waals surface area (Å²) in [4.78, 5) is 24.1. The van der Waals surface area contributed by atoms with Crippen molar-refractivity contribution in [2.45, 2.75) is 43.5 Å². The molecule has 0 unspecified atom stereocenters. The van der Waals surface area contributed by atoms with E-state index in [0.29, 0.717) is 28.7 Å². The Morgan fingerprint density at radius 2 is 1.62 bits per heavy atom. The van der Waals surface area contributed by atoms with Gasteiger partial charge in [0.05, 0.1) is 17.6 Å². The second-order valence-corrected chi connectivity index (χ2v) is 10.5. The van der Waals surface area contributed by atoms with Gasteiger partial charge >= 0.3 is 5.97 Å². The Hall–Kier alpha value is -2.71. The number of hydrogen-bond acceptors (Lipinski definition) is 5. The number of esters is 1. The van der Waals surface area contributed by atoms with Crippen LogP contribution >= 0.6 is 0 Å². The smallest absolute Gasteiger partial charge is 0.337 e. The normalized spacial score (nSPS) is 23.0. The third-order valence-corrected chi connectivity index (χ3v) is 8.34. The van der Waals surface area contributed by atoms with Crippen LogP contribution in [0.25, 0.3) is 0 Å². The molecule has 2 aromatic carbocycles. The molecule has 0 aliphatic heterocycles. The van der Waals surface area contributed by atoms with Gasteiger partial charge in [-0.2, -0.15) is 0 Å². The number of ether oxygens (including phenoxy) is 1. The largest absolute Gasteiger partial charge is 0.465 e. The molecule has 2 aliphatic rings. The monoisotopic (exact) mass is 456 g/mol. The lowest BCUT2D eigenvalue weighted by Crippen LogP contribution is -2.40. The van der Waals surface area contributed by atoms with E-state index in [9.17, 15) is 18.0 Å². The van der Waals surface area contributed by atoms with Crippen LogP contribution in [-0.2, 0) is 14.8 Å². The van der Waals surface area contributed by atoms with Gasteiger partial charge in [0, 0.05) is 17.3 Å². The Bertz CT molecular complexity index is 1100. The van der Waals surface area contributed by atoms with Gasteiger partial charge in [0.25, 0.3) is 5.91 Å². The summed E-state index contributed by atoms with van der Waals surface area (Å²) < 4.78 is 33.2. The Morgan fingerprint density at radius 1 is 0.969 bits per heavy atom. The highest BCUT2D eigenvalue weighted by atomic mass is 32.2. The first-order chi connectivity index (χ1) is 15.3. The zero-order valence-electron chi connectivity index (χ0n) is 18.2. The van der Waals surface area contributed by atoms with Crippen LogP contribution in [0.1, 0.15) is 53.3 Å². The van der Waals surface area contributed by atoms with Gasteiger partial charge in [-0.3, -0.25) is 4.79 Å². The topological polar surface area (TPSA) is 102 Å². The maximum atomic E-state index is 12.8. The first kappa shape index (κ1) is 22.5. The van der Waals surface area contributed by atoms with E-state index in [4.69, 9.17) is 0 Å². The number of rotatable bonds is 7. The lowest BCUT2D eigenvalue weighted by molar-refractivity contribution is 0.0600. The van der Waals surface area contributed by atoms with Gasteiger partial charge in [-0.1, -0.05) is 6.42 Å². The first-order valence-electron chi connectivity index (χ1n) is 10.9. The molecule has 2 fully saturated rings. The molecule has 32 heavy (non-hydrogen) atoms. The fourth-order valence-electron chi connectivity index (χ4n) is 5.10. The molecule has 4 rings (SSSR count). The summed E-state index contributed by atoms with van der Waals surface area (Å²) in [7, 11) is -2.34. The molecule has 2 aliphatic carbocycles. The van der Waals surface area contributed by atoms with E-state index in [1.807, 2.05) is 6.92 Å². The SMILES string of the molecule is COC(=O)c1ccc(C(=O)Nc2ccc(S(=O)(=O)N[C@@H](C)[C@@H]3C[C@H]4CC[C@H]3C4)cc2)cc1. The third-order valence-electron chi connectivity index (χ3n) is 6.77. The van der Waals surface area contributed by atoms with E-state index in [1.165, 1.54) is 62.8 Å². The van der Waals surface area contributed by atoms with Crippen LogP contribution in [-0.4, -0.2) is 33.4 Å². The van der Waals surface area contributed by atoms with Crippen molar-refractivity contribution < 1.29 is 22.7 Å². The molecule has 2 N–H and O–H groups in total. The quantitative estimate of drug-likeness (QED) is 0.617. The molecule has 4 atom stereocenters. The maximum Gasteiger partial charge on any atom is 0.337 e. The second-order valence-electron chi connectivity index (χ2n) is 8.80. The lowest BCUT2D eigenvalue weighted by atomic mass is 9.84. The molecule has 2 saturated carbocycles. The minimum absolute atomic E-state index is 0.0948. The van der Waals surface area contributed by atoms with E-state index in [1.54, 1.807) is 12.1 Å². The Kier molecular flexibility index (Phi) is 6.35.